The molecule has 2 N–H and O–H groups in total. The average Bonchev–Trinajstić information content (AvgIpc) is 3.35. The quantitative estimate of drug-likeness (QED) is 0.593. The van der Waals surface area contributed by atoms with Crippen molar-refractivity contribution in [3.8, 4) is 6.07 Å². The van der Waals surface area contributed by atoms with E-state index in [1.54, 1.807) is 0 Å². The summed E-state index contributed by atoms with van der Waals surface area (Å²) in [6, 6.07) is 9.30. The molecule has 0 saturated carbocycles. The highest BCUT2D eigenvalue weighted by Gasteiger charge is 2.43. The third kappa shape index (κ3) is 5.03. The van der Waals surface area contributed by atoms with Gasteiger partial charge in [0.25, 0.3) is 0 Å². The van der Waals surface area contributed by atoms with Crippen molar-refractivity contribution < 1.29 is 9.13 Å². The van der Waals surface area contributed by atoms with Gasteiger partial charge in [0.15, 0.2) is 11.6 Å². The second-order valence-electron chi connectivity index (χ2n) is 11.7. The number of piperazine rings is 1. The van der Waals surface area contributed by atoms with Gasteiger partial charge in [0.2, 0.25) is 5.95 Å². The molecular formula is C28H37FN8O. The van der Waals surface area contributed by atoms with E-state index in [0.717, 1.165) is 64.5 Å². The van der Waals surface area contributed by atoms with Gasteiger partial charge in [-0.15, -0.1) is 0 Å². The molecule has 4 aliphatic heterocycles. The zero-order chi connectivity index (χ0) is 26.3. The number of anilines is 4. The van der Waals surface area contributed by atoms with Crippen molar-refractivity contribution >= 4 is 23.1 Å². The van der Waals surface area contributed by atoms with Crippen LogP contribution in [0.25, 0.3) is 0 Å². The molecular weight excluding hydrogens is 483 g/mol. The SMILES string of the molecule is CC1(C)CC(Nc2nc(Nc3ccc(N4CCN(C5COC5)CC4)c(C#N)c3)ncc2F)CC2CCCN21. The Labute approximate surface area is 224 Å². The molecule has 0 spiro atoms. The van der Waals surface area contributed by atoms with Crippen LogP contribution in [-0.2, 0) is 4.74 Å². The Kier molecular flexibility index (Phi) is 6.84. The van der Waals surface area contributed by atoms with Crippen LogP contribution in [0.2, 0.25) is 0 Å². The lowest BCUT2D eigenvalue weighted by molar-refractivity contribution is -0.0660. The van der Waals surface area contributed by atoms with Crippen molar-refractivity contribution in [2.75, 3.05) is 61.5 Å². The van der Waals surface area contributed by atoms with E-state index in [1.807, 2.05) is 18.2 Å². The van der Waals surface area contributed by atoms with Crippen LogP contribution in [-0.4, -0.2) is 89.4 Å². The lowest BCUT2D eigenvalue weighted by atomic mass is 9.84. The normalized spacial score (nSPS) is 25.9. The molecule has 1 aromatic heterocycles. The largest absolute Gasteiger partial charge is 0.378 e. The van der Waals surface area contributed by atoms with Gasteiger partial charge in [-0.2, -0.15) is 10.2 Å². The maximum absolute atomic E-state index is 14.7. The van der Waals surface area contributed by atoms with Gasteiger partial charge < -0.3 is 20.3 Å². The molecule has 2 unspecified atom stereocenters. The second kappa shape index (κ2) is 10.3. The first kappa shape index (κ1) is 25.3. The standard InChI is InChI=1S/C28H37FN8O/c1-28(2)14-21(13-22-4-3-7-37(22)28)32-26-24(29)16-31-27(34-26)33-20-5-6-25(19(12-20)15-30)36-10-8-35(9-11-36)23-17-38-18-23/h5-6,12,16,21-23H,3-4,7-11,13-14,17-18H2,1-2H3,(H2,31,32,33,34). The first-order chi connectivity index (χ1) is 18.4. The van der Waals surface area contributed by atoms with Crippen LogP contribution >= 0.6 is 0 Å². The average molecular weight is 521 g/mol. The van der Waals surface area contributed by atoms with Crippen LogP contribution in [0.1, 0.15) is 45.1 Å². The van der Waals surface area contributed by atoms with E-state index in [1.165, 1.54) is 19.0 Å². The van der Waals surface area contributed by atoms with Crippen LogP contribution in [0.5, 0.6) is 0 Å². The molecule has 6 rings (SSSR count). The molecule has 5 heterocycles. The fourth-order valence-electron chi connectivity index (χ4n) is 6.71. The number of piperidine rings is 1. The molecule has 2 atom stereocenters. The predicted octanol–water partition coefficient (Wildman–Crippen LogP) is 3.57. The van der Waals surface area contributed by atoms with Gasteiger partial charge in [0.05, 0.1) is 36.7 Å². The smallest absolute Gasteiger partial charge is 0.229 e. The van der Waals surface area contributed by atoms with Crippen LogP contribution in [0.4, 0.5) is 27.5 Å². The highest BCUT2D eigenvalue weighted by atomic mass is 19.1. The number of halogens is 1. The molecule has 4 aliphatic rings. The minimum atomic E-state index is -0.456. The van der Waals surface area contributed by atoms with Crippen LogP contribution < -0.4 is 15.5 Å². The molecule has 0 bridgehead atoms. The number of fused-ring (bicyclic) bond motifs is 1. The minimum absolute atomic E-state index is 0.0787. The Bertz CT molecular complexity index is 1200. The summed E-state index contributed by atoms with van der Waals surface area (Å²) >= 11 is 0. The van der Waals surface area contributed by atoms with Crippen molar-refractivity contribution in [1.82, 2.24) is 19.8 Å². The summed E-state index contributed by atoms with van der Waals surface area (Å²) in [5.74, 6) is 0.0731. The Hall–Kier alpha value is -3.00. The van der Waals surface area contributed by atoms with Gasteiger partial charge in [-0.25, -0.2) is 9.37 Å². The highest BCUT2D eigenvalue weighted by molar-refractivity contribution is 5.68. The van der Waals surface area contributed by atoms with Crippen LogP contribution in [0.3, 0.4) is 0 Å². The Morgan fingerprint density at radius 2 is 1.95 bits per heavy atom. The molecule has 0 amide bonds. The van der Waals surface area contributed by atoms with Crippen LogP contribution in [0.15, 0.2) is 24.4 Å². The summed E-state index contributed by atoms with van der Waals surface area (Å²) in [6.07, 6.45) is 5.56. The minimum Gasteiger partial charge on any atom is -0.378 e. The highest BCUT2D eigenvalue weighted by Crippen LogP contribution is 2.38. The monoisotopic (exact) mass is 520 g/mol. The maximum atomic E-state index is 14.7. The van der Waals surface area contributed by atoms with Gasteiger partial charge in [0, 0.05) is 49.5 Å². The van der Waals surface area contributed by atoms with Crippen molar-refractivity contribution in [2.45, 2.75) is 63.2 Å². The van der Waals surface area contributed by atoms with Crippen molar-refractivity contribution in [2.24, 2.45) is 0 Å². The zero-order valence-corrected chi connectivity index (χ0v) is 22.3. The fraction of sp³-hybridized carbons (Fsp3) is 0.607. The van der Waals surface area contributed by atoms with E-state index in [0.29, 0.717) is 29.3 Å². The number of benzene rings is 1. The van der Waals surface area contributed by atoms with E-state index in [2.05, 4.69) is 55.2 Å². The zero-order valence-electron chi connectivity index (χ0n) is 22.3. The number of rotatable bonds is 6. The summed E-state index contributed by atoms with van der Waals surface area (Å²) in [5, 5.41) is 16.4. The number of nitriles is 1. The Morgan fingerprint density at radius 1 is 1.13 bits per heavy atom. The van der Waals surface area contributed by atoms with Crippen molar-refractivity contribution in [3.63, 3.8) is 0 Å². The van der Waals surface area contributed by atoms with E-state index < -0.39 is 5.82 Å². The summed E-state index contributed by atoms with van der Waals surface area (Å²) < 4.78 is 20.1. The topological polar surface area (TPSA) is 92.6 Å². The summed E-state index contributed by atoms with van der Waals surface area (Å²) in [5.41, 5.74) is 2.32. The van der Waals surface area contributed by atoms with E-state index in [9.17, 15) is 9.65 Å². The molecule has 2 aromatic rings. The first-order valence-electron chi connectivity index (χ1n) is 13.8. The predicted molar refractivity (Wildman–Crippen MR) is 145 cm³/mol. The third-order valence-corrected chi connectivity index (χ3v) is 8.71. The molecule has 38 heavy (non-hydrogen) atoms. The molecule has 4 saturated heterocycles. The fourth-order valence-corrected chi connectivity index (χ4v) is 6.71. The third-order valence-electron chi connectivity index (χ3n) is 8.71. The van der Waals surface area contributed by atoms with Gasteiger partial charge in [-0.1, -0.05) is 0 Å². The number of nitrogens with zero attached hydrogens (tertiary/aromatic N) is 6. The molecule has 1 aromatic carbocycles. The number of hydrogen-bond donors (Lipinski definition) is 2. The van der Waals surface area contributed by atoms with E-state index in [-0.39, 0.29) is 17.4 Å². The molecule has 4 fully saturated rings. The van der Waals surface area contributed by atoms with E-state index in [4.69, 9.17) is 4.74 Å². The number of aromatic nitrogens is 2. The lowest BCUT2D eigenvalue weighted by Gasteiger charge is -2.47. The summed E-state index contributed by atoms with van der Waals surface area (Å²) in [7, 11) is 0. The Balaban J connectivity index is 1.12. The number of nitrogens with one attached hydrogen (secondary N) is 2. The van der Waals surface area contributed by atoms with Gasteiger partial charge in [-0.3, -0.25) is 9.80 Å². The van der Waals surface area contributed by atoms with Crippen molar-refractivity contribution in [1.29, 1.82) is 5.26 Å². The summed E-state index contributed by atoms with van der Waals surface area (Å²) in [6.45, 7) is 11.0. The molecule has 0 aliphatic carbocycles. The lowest BCUT2D eigenvalue weighted by Crippen LogP contribution is -2.56. The molecule has 202 valence electrons. The molecule has 10 heteroatoms. The second-order valence-corrected chi connectivity index (χ2v) is 11.7. The molecule has 0 radical (unpaired) electrons. The maximum Gasteiger partial charge on any atom is 0.229 e. The molecule has 9 nitrogen and oxygen atoms in total. The van der Waals surface area contributed by atoms with Gasteiger partial charge >= 0.3 is 0 Å². The Morgan fingerprint density at radius 3 is 2.68 bits per heavy atom. The van der Waals surface area contributed by atoms with E-state index >= 15 is 0 Å². The van der Waals surface area contributed by atoms with Crippen molar-refractivity contribution in [3.05, 3.63) is 35.8 Å². The number of hydrogen-bond acceptors (Lipinski definition) is 9. The first-order valence-corrected chi connectivity index (χ1v) is 13.8. The van der Waals surface area contributed by atoms with Gasteiger partial charge in [-0.05, 0) is 64.3 Å². The van der Waals surface area contributed by atoms with Crippen LogP contribution in [0, 0.1) is 17.1 Å². The summed E-state index contributed by atoms with van der Waals surface area (Å²) in [4.78, 5) is 16.0. The number of ether oxygens (including phenoxy) is 1. The van der Waals surface area contributed by atoms with Gasteiger partial charge in [0.1, 0.15) is 6.07 Å².